The molecule has 5 unspecified atom stereocenters. The molecule has 200 valence electrons. The number of aliphatic hydroxyl groups excluding tert-OH is 1. The second kappa shape index (κ2) is 10.1. The van der Waals surface area contributed by atoms with Gasteiger partial charge in [-0.25, -0.2) is 0 Å². The lowest BCUT2D eigenvalue weighted by Gasteiger charge is -2.61. The highest BCUT2D eigenvalue weighted by Crippen LogP contribution is 2.68. The molecular formula is C30H44BrNO3S. The van der Waals surface area contributed by atoms with Crippen LogP contribution in [0.5, 0.6) is 0 Å². The molecular weight excluding hydrogens is 534 g/mol. The van der Waals surface area contributed by atoms with E-state index in [1.807, 2.05) is 0 Å². The summed E-state index contributed by atoms with van der Waals surface area (Å²) in [7, 11) is 0. The standard InChI is InChI=1S/C30H44BrNO3S/c1-5-23(25-8-9-26(31)36-25)32-27(35)14-17(2)20-6-7-21-28-22(11-13-30(20,21)4)29(3)12-10-19(33)15-18(29)16-24(28)34/h8-9,17-18,20-24,28,34H,5-7,10-16H2,1-4H3,(H,32,35)/t17-,18?,20?,21+,22+,23+,24-,28?,29?,30?/m1/s1. The normalized spacial score (nSPS) is 41.7. The van der Waals surface area contributed by atoms with Gasteiger partial charge in [0.2, 0.25) is 5.91 Å². The van der Waals surface area contributed by atoms with E-state index in [9.17, 15) is 14.7 Å². The minimum Gasteiger partial charge on any atom is -0.393 e. The number of carbonyl (C=O) groups is 2. The third-order valence-electron chi connectivity index (χ3n) is 11.4. The van der Waals surface area contributed by atoms with Crippen molar-refractivity contribution in [1.29, 1.82) is 0 Å². The van der Waals surface area contributed by atoms with Gasteiger partial charge in [0.25, 0.3) is 0 Å². The molecule has 0 aromatic carbocycles. The summed E-state index contributed by atoms with van der Waals surface area (Å²) in [6.07, 6.45) is 9.09. The highest BCUT2D eigenvalue weighted by atomic mass is 79.9. The fourth-order valence-electron chi connectivity index (χ4n) is 9.57. The lowest BCUT2D eigenvalue weighted by atomic mass is 9.44. The number of fused-ring (bicyclic) bond motifs is 5. The third-order valence-corrected chi connectivity index (χ3v) is 13.2. The first kappa shape index (κ1) is 26.9. The molecule has 2 N–H and O–H groups in total. The first-order valence-corrected chi connectivity index (χ1v) is 15.9. The summed E-state index contributed by atoms with van der Waals surface area (Å²) >= 11 is 5.24. The van der Waals surface area contributed by atoms with Gasteiger partial charge in [0, 0.05) is 24.1 Å². The monoisotopic (exact) mass is 577 g/mol. The number of carbonyl (C=O) groups excluding carboxylic acids is 2. The van der Waals surface area contributed by atoms with Crippen LogP contribution in [0.15, 0.2) is 15.9 Å². The fourth-order valence-corrected chi connectivity index (χ4v) is 11.1. The number of hydrogen-bond donors (Lipinski definition) is 2. The smallest absolute Gasteiger partial charge is 0.220 e. The number of ketones is 1. The average Bonchev–Trinajstić information content (AvgIpc) is 3.41. The maximum atomic E-state index is 13.1. The average molecular weight is 579 g/mol. The summed E-state index contributed by atoms with van der Waals surface area (Å²) in [5.74, 6) is 3.19. The Morgan fingerprint density at radius 1 is 1.19 bits per heavy atom. The van der Waals surface area contributed by atoms with E-state index in [0.717, 1.165) is 35.9 Å². The number of hydrogen-bond acceptors (Lipinski definition) is 4. The van der Waals surface area contributed by atoms with Crippen molar-refractivity contribution in [2.45, 2.75) is 104 Å². The van der Waals surface area contributed by atoms with E-state index in [1.54, 1.807) is 11.3 Å². The Morgan fingerprint density at radius 3 is 2.64 bits per heavy atom. The Labute approximate surface area is 229 Å². The number of amides is 1. The lowest BCUT2D eigenvalue weighted by Crippen LogP contribution is -2.58. The molecule has 4 aliphatic carbocycles. The maximum Gasteiger partial charge on any atom is 0.220 e. The molecule has 1 amide bonds. The van der Waals surface area contributed by atoms with Gasteiger partial charge < -0.3 is 10.4 Å². The van der Waals surface area contributed by atoms with Crippen molar-refractivity contribution in [1.82, 2.24) is 5.32 Å². The molecule has 1 heterocycles. The molecule has 1 aromatic heterocycles. The van der Waals surface area contributed by atoms with Gasteiger partial charge in [-0.3, -0.25) is 9.59 Å². The van der Waals surface area contributed by atoms with Crippen molar-refractivity contribution in [2.75, 3.05) is 0 Å². The van der Waals surface area contributed by atoms with E-state index in [2.05, 4.69) is 61.1 Å². The fraction of sp³-hybridized carbons (Fsp3) is 0.800. The number of thiophene rings is 1. The molecule has 5 rings (SSSR count). The summed E-state index contributed by atoms with van der Waals surface area (Å²) in [6, 6.07) is 4.24. The van der Waals surface area contributed by atoms with Crippen molar-refractivity contribution in [2.24, 2.45) is 46.3 Å². The van der Waals surface area contributed by atoms with Gasteiger partial charge in [0.15, 0.2) is 0 Å². The second-order valence-electron chi connectivity index (χ2n) is 13.1. The Morgan fingerprint density at radius 2 is 1.94 bits per heavy atom. The number of nitrogens with one attached hydrogen (secondary N) is 1. The van der Waals surface area contributed by atoms with Gasteiger partial charge in [0.05, 0.1) is 15.9 Å². The lowest BCUT2D eigenvalue weighted by molar-refractivity contribution is -0.169. The SMILES string of the molecule is CC[C@H](NC(=O)C[C@@H](C)C1CC[C@H]2C3[C@H](O)CC4CC(=O)CCC4(C)[C@H]3CCC12C)c1ccc(Br)s1. The van der Waals surface area contributed by atoms with Gasteiger partial charge in [-0.15, -0.1) is 11.3 Å². The van der Waals surface area contributed by atoms with Gasteiger partial charge in [0.1, 0.15) is 5.78 Å². The van der Waals surface area contributed by atoms with E-state index in [4.69, 9.17) is 0 Å². The zero-order valence-corrected chi connectivity index (χ0v) is 24.8. The van der Waals surface area contributed by atoms with E-state index in [0.29, 0.717) is 54.1 Å². The van der Waals surface area contributed by atoms with Crippen LogP contribution < -0.4 is 5.32 Å². The Hall–Kier alpha value is -0.720. The van der Waals surface area contributed by atoms with Crippen LogP contribution in [-0.4, -0.2) is 22.9 Å². The minimum atomic E-state index is -0.281. The van der Waals surface area contributed by atoms with E-state index in [1.165, 1.54) is 24.1 Å². The molecule has 4 aliphatic rings. The minimum absolute atomic E-state index is 0.0804. The predicted molar refractivity (Wildman–Crippen MR) is 149 cm³/mol. The summed E-state index contributed by atoms with van der Waals surface area (Å²) < 4.78 is 1.10. The summed E-state index contributed by atoms with van der Waals surface area (Å²) in [5.41, 5.74) is 0.396. The van der Waals surface area contributed by atoms with Gasteiger partial charge in [-0.2, -0.15) is 0 Å². The van der Waals surface area contributed by atoms with Crippen LogP contribution >= 0.6 is 27.3 Å². The van der Waals surface area contributed by atoms with Crippen LogP contribution in [0.1, 0.15) is 103 Å². The molecule has 1 aromatic rings. The molecule has 10 atom stereocenters. The Bertz CT molecular complexity index is 995. The number of rotatable bonds is 6. The van der Waals surface area contributed by atoms with Crippen LogP contribution in [0, 0.1) is 46.3 Å². The molecule has 0 aliphatic heterocycles. The van der Waals surface area contributed by atoms with Crippen molar-refractivity contribution < 1.29 is 14.7 Å². The zero-order valence-electron chi connectivity index (χ0n) is 22.4. The number of halogens is 1. The van der Waals surface area contributed by atoms with Crippen LogP contribution in [0.3, 0.4) is 0 Å². The summed E-state index contributed by atoms with van der Waals surface area (Å²) in [5, 5.41) is 14.7. The van der Waals surface area contributed by atoms with E-state index in [-0.39, 0.29) is 28.9 Å². The van der Waals surface area contributed by atoms with Crippen molar-refractivity contribution in [3.63, 3.8) is 0 Å². The summed E-state index contributed by atoms with van der Waals surface area (Å²) in [4.78, 5) is 26.6. The summed E-state index contributed by atoms with van der Waals surface area (Å²) in [6.45, 7) is 9.33. The largest absolute Gasteiger partial charge is 0.393 e. The molecule has 0 saturated heterocycles. The van der Waals surface area contributed by atoms with Crippen molar-refractivity contribution in [3.8, 4) is 0 Å². The van der Waals surface area contributed by atoms with Gasteiger partial charge >= 0.3 is 0 Å². The van der Waals surface area contributed by atoms with Gasteiger partial charge in [-0.05, 0) is 119 Å². The third kappa shape index (κ3) is 4.55. The van der Waals surface area contributed by atoms with E-state index >= 15 is 0 Å². The van der Waals surface area contributed by atoms with Crippen LogP contribution in [0.2, 0.25) is 0 Å². The molecule has 36 heavy (non-hydrogen) atoms. The van der Waals surface area contributed by atoms with Crippen LogP contribution in [0.4, 0.5) is 0 Å². The Balaban J connectivity index is 1.27. The zero-order chi connectivity index (χ0) is 25.8. The molecule has 0 spiro atoms. The molecule has 0 radical (unpaired) electrons. The highest BCUT2D eigenvalue weighted by molar-refractivity contribution is 9.11. The first-order chi connectivity index (χ1) is 17.1. The highest BCUT2D eigenvalue weighted by Gasteiger charge is 2.62. The van der Waals surface area contributed by atoms with Crippen molar-refractivity contribution >= 4 is 39.0 Å². The molecule has 4 fully saturated rings. The predicted octanol–water partition coefficient (Wildman–Crippen LogP) is 7.30. The maximum absolute atomic E-state index is 13.1. The van der Waals surface area contributed by atoms with Gasteiger partial charge in [-0.1, -0.05) is 27.7 Å². The topological polar surface area (TPSA) is 66.4 Å². The molecule has 4 nitrogen and oxygen atoms in total. The number of Topliss-reactive ketones (excluding diaryl/α,β-unsaturated/α-hetero) is 1. The van der Waals surface area contributed by atoms with E-state index < -0.39 is 0 Å². The van der Waals surface area contributed by atoms with Crippen LogP contribution in [0.25, 0.3) is 0 Å². The first-order valence-electron chi connectivity index (χ1n) is 14.3. The molecule has 6 heteroatoms. The Kier molecular flexibility index (Phi) is 7.55. The van der Waals surface area contributed by atoms with Crippen molar-refractivity contribution in [3.05, 3.63) is 20.8 Å². The quantitative estimate of drug-likeness (QED) is 0.372. The molecule has 4 saturated carbocycles. The number of aliphatic hydroxyl groups is 1. The van der Waals surface area contributed by atoms with Crippen LogP contribution in [-0.2, 0) is 9.59 Å². The second-order valence-corrected chi connectivity index (χ2v) is 15.6. The molecule has 0 bridgehead atoms.